The number of nitrogens with one attached hydrogen (secondary N) is 1. The summed E-state index contributed by atoms with van der Waals surface area (Å²) >= 11 is 0. The van der Waals surface area contributed by atoms with Crippen molar-refractivity contribution in [1.29, 1.82) is 0 Å². The maximum Gasteiger partial charge on any atom is 0.142 e. The smallest absolute Gasteiger partial charge is 0.142 e. The lowest BCUT2D eigenvalue weighted by molar-refractivity contribution is 0.287. The van der Waals surface area contributed by atoms with E-state index in [4.69, 9.17) is 11.2 Å². The molecule has 2 aromatic rings. The molecule has 0 aliphatic carbocycles. The van der Waals surface area contributed by atoms with E-state index in [0.717, 1.165) is 23.6 Å². The molecule has 0 bridgehead atoms. The van der Waals surface area contributed by atoms with Gasteiger partial charge in [0.25, 0.3) is 0 Å². The first-order chi connectivity index (χ1) is 11.6. The van der Waals surface area contributed by atoms with Crippen LogP contribution in [0.15, 0.2) is 42.6 Å². The number of ether oxygens (including phenoxy) is 1. The Bertz CT molecular complexity index is 676. The number of rotatable bonds is 8. The van der Waals surface area contributed by atoms with Crippen LogP contribution in [0.4, 0.5) is 5.69 Å². The molecule has 126 valence electrons. The van der Waals surface area contributed by atoms with Crippen molar-refractivity contribution in [1.82, 2.24) is 9.88 Å². The monoisotopic (exact) mass is 323 g/mol. The van der Waals surface area contributed by atoms with Crippen LogP contribution >= 0.6 is 0 Å². The van der Waals surface area contributed by atoms with Crippen molar-refractivity contribution >= 4 is 5.69 Å². The second-order valence-electron chi connectivity index (χ2n) is 5.88. The largest absolute Gasteiger partial charge is 0.495 e. The highest BCUT2D eigenvalue weighted by Crippen LogP contribution is 2.17. The number of aromatic nitrogens is 1. The minimum atomic E-state index is 0.414. The molecule has 0 saturated heterocycles. The van der Waals surface area contributed by atoms with Crippen LogP contribution in [0.5, 0.6) is 5.75 Å². The summed E-state index contributed by atoms with van der Waals surface area (Å²) in [6.07, 6.45) is 8.12. The molecular formula is C20H25N3O. The molecule has 1 aromatic carbocycles. The summed E-state index contributed by atoms with van der Waals surface area (Å²) in [6, 6.07) is 12.7. The molecule has 0 spiro atoms. The third-order valence-corrected chi connectivity index (χ3v) is 4.11. The van der Waals surface area contributed by atoms with Crippen molar-refractivity contribution in [2.75, 3.05) is 26.0 Å². The highest BCUT2D eigenvalue weighted by atomic mass is 16.5. The van der Waals surface area contributed by atoms with Crippen molar-refractivity contribution in [2.24, 2.45) is 0 Å². The van der Waals surface area contributed by atoms with Crippen LogP contribution in [0, 0.1) is 12.3 Å². The van der Waals surface area contributed by atoms with Gasteiger partial charge in [-0.05, 0) is 50.2 Å². The standard InChI is InChI=1S/C20H25N3O/c1-5-13-23(3)16(2)14-17-8-10-18(11-9-17)22-15-19-20(24-4)7-6-12-21-19/h1,6-12,16,22H,13-15H2,2-4H3/t16-/m1/s1. The predicted octanol–water partition coefficient (Wildman–Crippen LogP) is 3.20. The lowest BCUT2D eigenvalue weighted by atomic mass is 10.1. The fourth-order valence-electron chi connectivity index (χ4n) is 2.48. The Morgan fingerprint density at radius 3 is 2.71 bits per heavy atom. The number of methoxy groups -OCH3 is 1. The van der Waals surface area contributed by atoms with E-state index in [2.05, 4.69) is 59.4 Å². The lowest BCUT2D eigenvalue weighted by Gasteiger charge is -2.22. The van der Waals surface area contributed by atoms with Gasteiger partial charge in [0.15, 0.2) is 0 Å². The van der Waals surface area contributed by atoms with Crippen LogP contribution in [0.25, 0.3) is 0 Å². The Morgan fingerprint density at radius 2 is 2.04 bits per heavy atom. The molecule has 1 aromatic heterocycles. The molecule has 1 N–H and O–H groups in total. The highest BCUT2D eigenvalue weighted by Gasteiger charge is 2.09. The van der Waals surface area contributed by atoms with Gasteiger partial charge in [-0.1, -0.05) is 18.1 Å². The zero-order valence-corrected chi connectivity index (χ0v) is 14.6. The molecule has 24 heavy (non-hydrogen) atoms. The lowest BCUT2D eigenvalue weighted by Crippen LogP contribution is -2.31. The Morgan fingerprint density at radius 1 is 1.29 bits per heavy atom. The van der Waals surface area contributed by atoms with Gasteiger partial charge in [0, 0.05) is 17.9 Å². The van der Waals surface area contributed by atoms with E-state index < -0.39 is 0 Å². The molecular weight excluding hydrogens is 298 g/mol. The average Bonchev–Trinajstić information content (AvgIpc) is 2.61. The van der Waals surface area contributed by atoms with Gasteiger partial charge >= 0.3 is 0 Å². The summed E-state index contributed by atoms with van der Waals surface area (Å²) in [4.78, 5) is 6.53. The van der Waals surface area contributed by atoms with Crippen LogP contribution < -0.4 is 10.1 Å². The van der Waals surface area contributed by atoms with Gasteiger partial charge in [0.05, 0.1) is 20.2 Å². The Kier molecular flexibility index (Phi) is 6.65. The molecule has 0 radical (unpaired) electrons. The number of anilines is 1. The molecule has 1 atom stereocenters. The number of hydrogen-bond donors (Lipinski definition) is 1. The average molecular weight is 323 g/mol. The van der Waals surface area contributed by atoms with Gasteiger partial charge in [-0.3, -0.25) is 9.88 Å². The van der Waals surface area contributed by atoms with E-state index in [1.54, 1.807) is 13.3 Å². The molecule has 0 saturated carbocycles. The van der Waals surface area contributed by atoms with Gasteiger partial charge in [0.2, 0.25) is 0 Å². The SMILES string of the molecule is C#CCN(C)[C@H](C)Cc1ccc(NCc2ncccc2OC)cc1. The van der Waals surface area contributed by atoms with Crippen LogP contribution in [0.2, 0.25) is 0 Å². The van der Waals surface area contributed by atoms with E-state index in [1.165, 1.54) is 5.56 Å². The Labute approximate surface area is 144 Å². The topological polar surface area (TPSA) is 37.4 Å². The quantitative estimate of drug-likeness (QED) is 0.757. The molecule has 2 rings (SSSR count). The number of pyridine rings is 1. The summed E-state index contributed by atoms with van der Waals surface area (Å²) in [5, 5.41) is 3.38. The Hall–Kier alpha value is -2.51. The highest BCUT2D eigenvalue weighted by molar-refractivity contribution is 5.45. The first kappa shape index (κ1) is 17.8. The minimum Gasteiger partial charge on any atom is -0.495 e. The van der Waals surface area contributed by atoms with E-state index >= 15 is 0 Å². The number of hydrogen-bond acceptors (Lipinski definition) is 4. The third kappa shape index (κ3) is 5.00. The molecule has 0 amide bonds. The minimum absolute atomic E-state index is 0.414. The summed E-state index contributed by atoms with van der Waals surface area (Å²) < 4.78 is 5.32. The second kappa shape index (κ2) is 8.95. The molecule has 1 heterocycles. The van der Waals surface area contributed by atoms with E-state index in [-0.39, 0.29) is 0 Å². The van der Waals surface area contributed by atoms with Crippen LogP contribution in [-0.2, 0) is 13.0 Å². The van der Waals surface area contributed by atoms with Crippen molar-refractivity contribution in [3.8, 4) is 18.1 Å². The predicted molar refractivity (Wildman–Crippen MR) is 99.2 cm³/mol. The fraction of sp³-hybridized carbons (Fsp3) is 0.350. The normalized spacial score (nSPS) is 11.8. The van der Waals surface area contributed by atoms with Crippen molar-refractivity contribution < 1.29 is 4.74 Å². The van der Waals surface area contributed by atoms with Crippen molar-refractivity contribution in [3.63, 3.8) is 0 Å². The van der Waals surface area contributed by atoms with Gasteiger partial charge in [0.1, 0.15) is 11.4 Å². The molecule has 0 aliphatic rings. The van der Waals surface area contributed by atoms with Gasteiger partial charge in [-0.25, -0.2) is 0 Å². The molecule has 0 fully saturated rings. The maximum atomic E-state index is 5.37. The zero-order chi connectivity index (χ0) is 17.4. The summed E-state index contributed by atoms with van der Waals surface area (Å²) in [5.74, 6) is 3.48. The fourth-order valence-corrected chi connectivity index (χ4v) is 2.48. The van der Waals surface area contributed by atoms with Crippen LogP contribution in [0.3, 0.4) is 0 Å². The number of benzene rings is 1. The van der Waals surface area contributed by atoms with Crippen molar-refractivity contribution in [3.05, 3.63) is 53.9 Å². The number of terminal acetylenes is 1. The first-order valence-corrected chi connectivity index (χ1v) is 8.08. The third-order valence-electron chi connectivity index (χ3n) is 4.11. The zero-order valence-electron chi connectivity index (χ0n) is 14.6. The van der Waals surface area contributed by atoms with Gasteiger partial charge in [-0.2, -0.15) is 0 Å². The summed E-state index contributed by atoms with van der Waals surface area (Å²) in [5.41, 5.74) is 3.26. The molecule has 4 heteroatoms. The number of nitrogens with zero attached hydrogens (tertiary/aromatic N) is 2. The van der Waals surface area contributed by atoms with Crippen molar-refractivity contribution in [2.45, 2.75) is 25.9 Å². The summed E-state index contributed by atoms with van der Waals surface area (Å²) in [7, 11) is 3.72. The maximum absolute atomic E-state index is 5.37. The number of likely N-dealkylation sites (N-methyl/N-ethyl adjacent to an activating group) is 1. The second-order valence-corrected chi connectivity index (χ2v) is 5.88. The van der Waals surface area contributed by atoms with Gasteiger partial charge in [-0.15, -0.1) is 6.42 Å². The first-order valence-electron chi connectivity index (χ1n) is 8.08. The Balaban J connectivity index is 1.91. The van der Waals surface area contributed by atoms with Crippen LogP contribution in [0.1, 0.15) is 18.2 Å². The summed E-state index contributed by atoms with van der Waals surface area (Å²) in [6.45, 7) is 3.49. The molecule has 4 nitrogen and oxygen atoms in total. The van der Waals surface area contributed by atoms with Gasteiger partial charge < -0.3 is 10.1 Å². The van der Waals surface area contributed by atoms with E-state index in [0.29, 0.717) is 19.1 Å². The van der Waals surface area contributed by atoms with E-state index in [1.807, 2.05) is 12.1 Å². The van der Waals surface area contributed by atoms with Crippen LogP contribution in [-0.4, -0.2) is 36.6 Å². The molecule has 0 aliphatic heterocycles. The van der Waals surface area contributed by atoms with E-state index in [9.17, 15) is 0 Å². The molecule has 0 unspecified atom stereocenters.